The van der Waals surface area contributed by atoms with Crippen LogP contribution in [0.2, 0.25) is 0 Å². The lowest BCUT2D eigenvalue weighted by atomic mass is 9.91. The number of carboxylic acids is 1. The fourth-order valence-corrected chi connectivity index (χ4v) is 3.47. The quantitative estimate of drug-likeness (QED) is 0.836. The van der Waals surface area contributed by atoms with E-state index in [4.69, 9.17) is 5.11 Å². The SMILES string of the molecule is CN(C(=O)c1ccc(/C=C/C(=O)O)s1)C1CCCCC1O. The van der Waals surface area contributed by atoms with E-state index in [0.717, 1.165) is 36.6 Å². The molecule has 2 rings (SSSR count). The van der Waals surface area contributed by atoms with Crippen LogP contribution in [0.3, 0.4) is 0 Å². The molecule has 2 unspecified atom stereocenters. The summed E-state index contributed by atoms with van der Waals surface area (Å²) >= 11 is 1.25. The minimum Gasteiger partial charge on any atom is -0.478 e. The van der Waals surface area contributed by atoms with Crippen molar-refractivity contribution in [2.75, 3.05) is 7.05 Å². The molecule has 21 heavy (non-hydrogen) atoms. The summed E-state index contributed by atoms with van der Waals surface area (Å²) in [6.45, 7) is 0. The van der Waals surface area contributed by atoms with E-state index in [1.807, 2.05) is 0 Å². The molecule has 0 radical (unpaired) electrons. The van der Waals surface area contributed by atoms with Gasteiger partial charge >= 0.3 is 5.97 Å². The zero-order valence-corrected chi connectivity index (χ0v) is 12.7. The Labute approximate surface area is 127 Å². The standard InChI is InChI=1S/C15H19NO4S/c1-16(11-4-2-3-5-12(11)17)15(20)13-8-6-10(21-13)7-9-14(18)19/h6-9,11-12,17H,2-5H2,1H3,(H,18,19)/b9-7+. The molecule has 1 amide bonds. The monoisotopic (exact) mass is 309 g/mol. The van der Waals surface area contributed by atoms with Crippen LogP contribution in [0.25, 0.3) is 6.08 Å². The van der Waals surface area contributed by atoms with Crippen LogP contribution in [0.1, 0.15) is 40.2 Å². The number of carbonyl (C=O) groups is 2. The first kappa shape index (κ1) is 15.7. The number of carbonyl (C=O) groups excluding carboxylic acids is 1. The molecule has 1 saturated carbocycles. The average Bonchev–Trinajstić information content (AvgIpc) is 2.93. The first-order valence-corrected chi connectivity index (χ1v) is 7.77. The van der Waals surface area contributed by atoms with E-state index >= 15 is 0 Å². The van der Waals surface area contributed by atoms with Gasteiger partial charge in [-0.05, 0) is 31.1 Å². The van der Waals surface area contributed by atoms with Crippen LogP contribution in [0.4, 0.5) is 0 Å². The topological polar surface area (TPSA) is 77.8 Å². The van der Waals surface area contributed by atoms with Crippen molar-refractivity contribution in [3.63, 3.8) is 0 Å². The van der Waals surface area contributed by atoms with Gasteiger partial charge in [0.25, 0.3) is 5.91 Å². The predicted octanol–water partition coefficient (Wildman–Crippen LogP) is 2.22. The molecule has 1 aromatic heterocycles. The van der Waals surface area contributed by atoms with Gasteiger partial charge in [-0.25, -0.2) is 4.79 Å². The highest BCUT2D eigenvalue weighted by Crippen LogP contribution is 2.25. The maximum Gasteiger partial charge on any atom is 0.328 e. The van der Waals surface area contributed by atoms with Crippen LogP contribution in [0.15, 0.2) is 18.2 Å². The van der Waals surface area contributed by atoms with E-state index in [2.05, 4.69) is 0 Å². The van der Waals surface area contributed by atoms with Crippen molar-refractivity contribution in [1.82, 2.24) is 4.90 Å². The first-order chi connectivity index (χ1) is 9.99. The van der Waals surface area contributed by atoms with Gasteiger partial charge in [-0.3, -0.25) is 4.79 Å². The highest BCUT2D eigenvalue weighted by molar-refractivity contribution is 7.14. The van der Waals surface area contributed by atoms with Gasteiger partial charge in [-0.2, -0.15) is 0 Å². The summed E-state index contributed by atoms with van der Waals surface area (Å²) < 4.78 is 0. The molecule has 114 valence electrons. The van der Waals surface area contributed by atoms with Gasteiger partial charge in [-0.15, -0.1) is 11.3 Å². The molecule has 2 atom stereocenters. The number of likely N-dealkylation sites (N-methyl/N-ethyl adjacent to an activating group) is 1. The molecule has 2 N–H and O–H groups in total. The Morgan fingerprint density at radius 1 is 1.33 bits per heavy atom. The van der Waals surface area contributed by atoms with Crippen LogP contribution in [0.5, 0.6) is 0 Å². The fraction of sp³-hybridized carbons (Fsp3) is 0.467. The van der Waals surface area contributed by atoms with Gasteiger partial charge in [0, 0.05) is 18.0 Å². The van der Waals surface area contributed by atoms with Gasteiger partial charge < -0.3 is 15.1 Å². The molecule has 0 bridgehead atoms. The average molecular weight is 309 g/mol. The normalized spacial score (nSPS) is 22.4. The zero-order valence-electron chi connectivity index (χ0n) is 11.9. The van der Waals surface area contributed by atoms with E-state index in [0.29, 0.717) is 4.88 Å². The second-order valence-electron chi connectivity index (χ2n) is 5.21. The lowest BCUT2D eigenvalue weighted by Gasteiger charge is -2.34. The molecule has 1 aliphatic rings. The Hall–Kier alpha value is -1.66. The summed E-state index contributed by atoms with van der Waals surface area (Å²) in [5.41, 5.74) is 0. The minimum absolute atomic E-state index is 0.124. The Morgan fingerprint density at radius 2 is 2.05 bits per heavy atom. The third-order valence-electron chi connectivity index (χ3n) is 3.74. The van der Waals surface area contributed by atoms with Crippen molar-refractivity contribution in [1.29, 1.82) is 0 Å². The number of thiophene rings is 1. The van der Waals surface area contributed by atoms with Crippen molar-refractivity contribution in [2.45, 2.75) is 37.8 Å². The number of carboxylic acid groups (broad SMARTS) is 1. The lowest BCUT2D eigenvalue weighted by molar-refractivity contribution is -0.131. The molecular formula is C15H19NO4S. The molecule has 0 aromatic carbocycles. The van der Waals surface area contributed by atoms with Gasteiger partial charge in [0.05, 0.1) is 17.0 Å². The molecule has 1 fully saturated rings. The largest absolute Gasteiger partial charge is 0.478 e. The van der Waals surface area contributed by atoms with Crippen LogP contribution < -0.4 is 0 Å². The highest BCUT2D eigenvalue weighted by atomic mass is 32.1. The van der Waals surface area contributed by atoms with Crippen molar-refractivity contribution in [2.24, 2.45) is 0 Å². The number of aliphatic hydroxyl groups is 1. The Balaban J connectivity index is 2.07. The van der Waals surface area contributed by atoms with Gasteiger partial charge in [0.2, 0.25) is 0 Å². The van der Waals surface area contributed by atoms with Gasteiger partial charge in [-0.1, -0.05) is 12.8 Å². The maximum atomic E-state index is 12.4. The van der Waals surface area contributed by atoms with Crippen LogP contribution in [-0.2, 0) is 4.79 Å². The summed E-state index contributed by atoms with van der Waals surface area (Å²) in [5, 5.41) is 18.6. The van der Waals surface area contributed by atoms with Crippen molar-refractivity contribution >= 4 is 29.3 Å². The van der Waals surface area contributed by atoms with E-state index in [-0.39, 0.29) is 11.9 Å². The number of nitrogens with zero attached hydrogens (tertiary/aromatic N) is 1. The summed E-state index contributed by atoms with van der Waals surface area (Å²) in [6, 6.07) is 3.29. The molecule has 1 heterocycles. The maximum absolute atomic E-state index is 12.4. The van der Waals surface area contributed by atoms with Crippen molar-refractivity contribution < 1.29 is 19.8 Å². The second kappa shape index (κ2) is 6.87. The third kappa shape index (κ3) is 3.92. The van der Waals surface area contributed by atoms with Crippen molar-refractivity contribution in [3.8, 4) is 0 Å². The van der Waals surface area contributed by atoms with Crippen LogP contribution >= 0.6 is 11.3 Å². The predicted molar refractivity (Wildman–Crippen MR) is 81.3 cm³/mol. The molecule has 1 aliphatic carbocycles. The van der Waals surface area contributed by atoms with Gasteiger partial charge in [0.1, 0.15) is 0 Å². The number of hydrogen-bond acceptors (Lipinski definition) is 4. The summed E-state index contributed by atoms with van der Waals surface area (Å²) in [6.07, 6.45) is 5.64. The molecule has 0 aliphatic heterocycles. The number of aliphatic hydroxyl groups excluding tert-OH is 1. The molecular weight excluding hydrogens is 290 g/mol. The number of amides is 1. The first-order valence-electron chi connectivity index (χ1n) is 6.95. The molecule has 1 aromatic rings. The summed E-state index contributed by atoms with van der Waals surface area (Å²) in [5.74, 6) is -1.14. The number of rotatable bonds is 4. The summed E-state index contributed by atoms with van der Waals surface area (Å²) in [4.78, 5) is 25.8. The molecule has 0 spiro atoms. The Bertz CT molecular complexity index is 552. The lowest BCUT2D eigenvalue weighted by Crippen LogP contribution is -2.46. The summed E-state index contributed by atoms with van der Waals surface area (Å²) in [7, 11) is 1.72. The molecule has 5 nitrogen and oxygen atoms in total. The smallest absolute Gasteiger partial charge is 0.328 e. The van der Waals surface area contributed by atoms with Gasteiger partial charge in [0.15, 0.2) is 0 Å². The Kier molecular flexibility index (Phi) is 5.14. The Morgan fingerprint density at radius 3 is 2.71 bits per heavy atom. The van der Waals surface area contributed by atoms with E-state index in [1.165, 1.54) is 17.4 Å². The number of hydrogen-bond donors (Lipinski definition) is 2. The highest BCUT2D eigenvalue weighted by Gasteiger charge is 2.30. The second-order valence-corrected chi connectivity index (χ2v) is 6.32. The minimum atomic E-state index is -1.02. The van der Waals surface area contributed by atoms with Crippen molar-refractivity contribution in [3.05, 3.63) is 28.0 Å². The fourth-order valence-electron chi connectivity index (χ4n) is 2.58. The van der Waals surface area contributed by atoms with Crippen LogP contribution in [0, 0.1) is 0 Å². The van der Waals surface area contributed by atoms with Crippen LogP contribution in [-0.4, -0.2) is 46.2 Å². The zero-order chi connectivity index (χ0) is 15.4. The third-order valence-corrected chi connectivity index (χ3v) is 4.78. The van der Waals surface area contributed by atoms with E-state index < -0.39 is 12.1 Å². The number of aliphatic carboxylic acids is 1. The van der Waals surface area contributed by atoms with E-state index in [1.54, 1.807) is 24.1 Å². The molecule has 0 saturated heterocycles. The molecule has 6 heteroatoms. The van der Waals surface area contributed by atoms with E-state index in [9.17, 15) is 14.7 Å².